The molecule has 0 bridgehead atoms. The van der Waals surface area contributed by atoms with Crippen molar-refractivity contribution >= 4 is 39.1 Å². The maximum atomic E-state index is 6.19. The SMILES string of the molecule is ClCC(CCl)(Cc1ccco1)c1cccc(Br)c1. The summed E-state index contributed by atoms with van der Waals surface area (Å²) in [5.74, 6) is 1.80. The van der Waals surface area contributed by atoms with Gasteiger partial charge in [-0.3, -0.25) is 0 Å². The minimum Gasteiger partial charge on any atom is -0.469 e. The van der Waals surface area contributed by atoms with Gasteiger partial charge >= 0.3 is 0 Å². The minimum atomic E-state index is -0.301. The van der Waals surface area contributed by atoms with E-state index in [2.05, 4.69) is 28.1 Å². The van der Waals surface area contributed by atoms with E-state index < -0.39 is 0 Å². The Balaban J connectivity index is 2.37. The molecule has 96 valence electrons. The first-order chi connectivity index (χ1) is 8.70. The van der Waals surface area contributed by atoms with Crippen LogP contribution in [0.25, 0.3) is 0 Å². The van der Waals surface area contributed by atoms with Gasteiger partial charge in [-0.1, -0.05) is 28.1 Å². The van der Waals surface area contributed by atoms with Crippen LogP contribution in [0.15, 0.2) is 51.6 Å². The van der Waals surface area contributed by atoms with Crippen LogP contribution in [0.4, 0.5) is 0 Å². The van der Waals surface area contributed by atoms with Crippen molar-refractivity contribution in [1.82, 2.24) is 0 Å². The molecule has 2 rings (SSSR count). The second-order valence-corrected chi connectivity index (χ2v) is 5.76. The van der Waals surface area contributed by atoms with Crippen LogP contribution in [-0.2, 0) is 11.8 Å². The fourth-order valence-corrected chi connectivity index (χ4v) is 3.13. The van der Waals surface area contributed by atoms with Crippen LogP contribution in [-0.4, -0.2) is 11.8 Å². The predicted octanol–water partition coefficient (Wildman–Crippen LogP) is 5.00. The number of hydrogen-bond acceptors (Lipinski definition) is 1. The van der Waals surface area contributed by atoms with E-state index in [4.69, 9.17) is 27.6 Å². The quantitative estimate of drug-likeness (QED) is 0.693. The Hall–Kier alpha value is -0.440. The van der Waals surface area contributed by atoms with E-state index in [1.54, 1.807) is 6.26 Å². The van der Waals surface area contributed by atoms with Crippen molar-refractivity contribution in [3.63, 3.8) is 0 Å². The van der Waals surface area contributed by atoms with Crippen molar-refractivity contribution < 1.29 is 4.42 Å². The molecule has 2 aromatic rings. The number of benzene rings is 1. The van der Waals surface area contributed by atoms with Gasteiger partial charge in [-0.15, -0.1) is 23.2 Å². The molecular weight excluding hydrogens is 335 g/mol. The lowest BCUT2D eigenvalue weighted by atomic mass is 9.80. The molecule has 0 aliphatic heterocycles. The van der Waals surface area contributed by atoms with Gasteiger partial charge in [-0.05, 0) is 29.8 Å². The Bertz CT molecular complexity index is 492. The highest BCUT2D eigenvalue weighted by Gasteiger charge is 2.32. The van der Waals surface area contributed by atoms with Gasteiger partial charge in [-0.2, -0.15) is 0 Å². The van der Waals surface area contributed by atoms with Gasteiger partial charge in [0, 0.05) is 28.1 Å². The maximum absolute atomic E-state index is 6.19. The summed E-state index contributed by atoms with van der Waals surface area (Å²) in [5.41, 5.74) is 0.823. The second-order valence-electron chi connectivity index (χ2n) is 4.31. The number of rotatable bonds is 5. The van der Waals surface area contributed by atoms with Gasteiger partial charge in [-0.25, -0.2) is 0 Å². The van der Waals surface area contributed by atoms with Gasteiger partial charge < -0.3 is 4.42 Å². The van der Waals surface area contributed by atoms with Crippen LogP contribution >= 0.6 is 39.1 Å². The molecule has 0 saturated heterocycles. The molecule has 1 aromatic carbocycles. The van der Waals surface area contributed by atoms with E-state index in [1.807, 2.05) is 24.3 Å². The highest BCUT2D eigenvalue weighted by Crippen LogP contribution is 2.33. The van der Waals surface area contributed by atoms with Crippen molar-refractivity contribution in [3.05, 3.63) is 58.5 Å². The maximum Gasteiger partial charge on any atom is 0.104 e. The molecule has 1 aromatic heterocycles. The topological polar surface area (TPSA) is 13.1 Å². The van der Waals surface area contributed by atoms with Crippen LogP contribution in [0.1, 0.15) is 11.3 Å². The normalized spacial score (nSPS) is 11.7. The fraction of sp³-hybridized carbons (Fsp3) is 0.286. The summed E-state index contributed by atoms with van der Waals surface area (Å²) in [6.45, 7) is 0. The minimum absolute atomic E-state index is 0.301. The molecular formula is C14H13BrCl2O. The van der Waals surface area contributed by atoms with Gasteiger partial charge in [0.05, 0.1) is 6.26 Å². The molecule has 0 N–H and O–H groups in total. The Morgan fingerprint density at radius 2 is 1.89 bits per heavy atom. The average molecular weight is 348 g/mol. The Morgan fingerprint density at radius 3 is 2.44 bits per heavy atom. The lowest BCUT2D eigenvalue weighted by molar-refractivity contribution is 0.437. The summed E-state index contributed by atoms with van der Waals surface area (Å²) in [6.07, 6.45) is 2.37. The number of hydrogen-bond donors (Lipinski definition) is 0. The molecule has 0 fully saturated rings. The lowest BCUT2D eigenvalue weighted by Gasteiger charge is -2.29. The molecule has 0 spiro atoms. The van der Waals surface area contributed by atoms with Crippen LogP contribution in [0.2, 0.25) is 0 Å². The first-order valence-corrected chi connectivity index (χ1v) is 7.47. The largest absolute Gasteiger partial charge is 0.469 e. The number of halogens is 3. The zero-order chi connectivity index (χ0) is 13.0. The molecule has 0 radical (unpaired) electrons. The van der Waals surface area contributed by atoms with Crippen molar-refractivity contribution in [2.75, 3.05) is 11.8 Å². The van der Waals surface area contributed by atoms with E-state index in [1.165, 1.54) is 0 Å². The second kappa shape index (κ2) is 6.14. The molecule has 0 saturated carbocycles. The molecule has 1 heterocycles. The predicted molar refractivity (Wildman–Crippen MR) is 79.7 cm³/mol. The summed E-state index contributed by atoms with van der Waals surface area (Å²) in [5, 5.41) is 0. The average Bonchev–Trinajstić information content (AvgIpc) is 2.89. The standard InChI is InChI=1S/C14H13BrCl2O/c15-12-4-1-3-11(7-12)14(9-16,10-17)8-13-5-2-6-18-13/h1-7H,8-10H2. The highest BCUT2D eigenvalue weighted by atomic mass is 79.9. The van der Waals surface area contributed by atoms with Crippen LogP contribution in [0.3, 0.4) is 0 Å². The third-order valence-corrected chi connectivity index (χ3v) is 4.56. The summed E-state index contributed by atoms with van der Waals surface area (Å²) >= 11 is 15.9. The van der Waals surface area contributed by atoms with Crippen molar-refractivity contribution in [3.8, 4) is 0 Å². The van der Waals surface area contributed by atoms with Crippen LogP contribution in [0, 0.1) is 0 Å². The van der Waals surface area contributed by atoms with E-state index in [0.29, 0.717) is 18.2 Å². The molecule has 0 aliphatic carbocycles. The zero-order valence-electron chi connectivity index (χ0n) is 9.70. The van der Waals surface area contributed by atoms with Crippen molar-refractivity contribution in [2.45, 2.75) is 11.8 Å². The van der Waals surface area contributed by atoms with E-state index in [-0.39, 0.29) is 5.41 Å². The highest BCUT2D eigenvalue weighted by molar-refractivity contribution is 9.10. The van der Waals surface area contributed by atoms with E-state index >= 15 is 0 Å². The molecule has 0 atom stereocenters. The first-order valence-electron chi connectivity index (χ1n) is 5.60. The fourth-order valence-electron chi connectivity index (χ4n) is 1.95. The smallest absolute Gasteiger partial charge is 0.104 e. The molecule has 4 heteroatoms. The Labute approximate surface area is 125 Å². The molecule has 1 nitrogen and oxygen atoms in total. The van der Waals surface area contributed by atoms with Crippen molar-refractivity contribution in [1.29, 1.82) is 0 Å². The monoisotopic (exact) mass is 346 g/mol. The Kier molecular flexibility index (Phi) is 4.77. The lowest BCUT2D eigenvalue weighted by Crippen LogP contribution is -2.33. The number of furan rings is 1. The van der Waals surface area contributed by atoms with Crippen LogP contribution in [0.5, 0.6) is 0 Å². The summed E-state index contributed by atoms with van der Waals surface area (Å²) in [7, 11) is 0. The summed E-state index contributed by atoms with van der Waals surface area (Å²) in [6, 6.07) is 11.9. The number of alkyl halides is 2. The van der Waals surface area contributed by atoms with E-state index in [9.17, 15) is 0 Å². The van der Waals surface area contributed by atoms with Gasteiger partial charge in [0.15, 0.2) is 0 Å². The molecule has 0 amide bonds. The summed E-state index contributed by atoms with van der Waals surface area (Å²) in [4.78, 5) is 0. The van der Waals surface area contributed by atoms with Crippen molar-refractivity contribution in [2.24, 2.45) is 0 Å². The van der Waals surface area contributed by atoms with Gasteiger partial charge in [0.1, 0.15) is 5.76 Å². The zero-order valence-corrected chi connectivity index (χ0v) is 12.8. The molecule has 18 heavy (non-hydrogen) atoms. The van der Waals surface area contributed by atoms with E-state index in [0.717, 1.165) is 15.8 Å². The Morgan fingerprint density at radius 1 is 1.11 bits per heavy atom. The molecule has 0 unspecified atom stereocenters. The summed E-state index contributed by atoms with van der Waals surface area (Å²) < 4.78 is 6.44. The third kappa shape index (κ3) is 2.93. The van der Waals surface area contributed by atoms with Crippen LogP contribution < -0.4 is 0 Å². The van der Waals surface area contributed by atoms with Gasteiger partial charge in [0.25, 0.3) is 0 Å². The van der Waals surface area contributed by atoms with Gasteiger partial charge in [0.2, 0.25) is 0 Å². The molecule has 0 aliphatic rings. The first kappa shape index (κ1) is 14.0. The third-order valence-electron chi connectivity index (χ3n) is 3.04.